The Morgan fingerprint density at radius 3 is 2.37 bits per heavy atom. The van der Waals surface area contributed by atoms with E-state index in [4.69, 9.17) is 33.2 Å². The van der Waals surface area contributed by atoms with E-state index in [1.165, 1.54) is 0 Å². The van der Waals surface area contributed by atoms with E-state index in [0.29, 0.717) is 50.1 Å². The highest BCUT2D eigenvalue weighted by Crippen LogP contribution is 2.38. The van der Waals surface area contributed by atoms with Crippen molar-refractivity contribution >= 4 is 63.6 Å². The number of nitrogens with zero attached hydrogens (tertiary/aromatic N) is 7. The zero-order valence-corrected chi connectivity index (χ0v) is 29.6. The van der Waals surface area contributed by atoms with Crippen molar-refractivity contribution < 1.29 is 22.8 Å². The number of amides is 2. The summed E-state index contributed by atoms with van der Waals surface area (Å²) in [6.45, 7) is 5.89. The fourth-order valence-electron chi connectivity index (χ4n) is 5.64. The number of aromatic nitrogens is 6. The van der Waals surface area contributed by atoms with Crippen molar-refractivity contribution in [1.82, 2.24) is 39.9 Å². The molecule has 0 radical (unpaired) electrons. The van der Waals surface area contributed by atoms with Crippen LogP contribution in [0.5, 0.6) is 0 Å². The molecule has 3 N–H and O–H groups in total. The number of carbonyl (C=O) groups excluding carboxylic acids is 2. The molecule has 1 aliphatic rings. The fraction of sp³-hybridized carbons (Fsp3) is 0.500. The largest absolute Gasteiger partial charge is 0.391 e. The summed E-state index contributed by atoms with van der Waals surface area (Å²) in [6, 6.07) is 4.59. The third-order valence-corrected chi connectivity index (χ3v) is 9.42. The van der Waals surface area contributed by atoms with Gasteiger partial charge >= 0.3 is 6.18 Å². The number of pyridine rings is 1. The lowest BCUT2D eigenvalue weighted by molar-refractivity contribution is -0.182. The van der Waals surface area contributed by atoms with Crippen LogP contribution in [0.15, 0.2) is 24.5 Å². The predicted molar refractivity (Wildman–Crippen MR) is 182 cm³/mol. The number of halogens is 5. The third kappa shape index (κ3) is 8.04. The molecular weight excluding hydrogens is 684 g/mol. The van der Waals surface area contributed by atoms with E-state index in [1.807, 2.05) is 20.8 Å². The van der Waals surface area contributed by atoms with Gasteiger partial charge in [0.05, 0.1) is 33.8 Å². The van der Waals surface area contributed by atoms with Crippen molar-refractivity contribution in [3.8, 4) is 0 Å². The number of rotatable bonds is 9. The Morgan fingerprint density at radius 1 is 1.06 bits per heavy atom. The first kappa shape index (κ1) is 36.2. The van der Waals surface area contributed by atoms with Crippen molar-refractivity contribution in [2.24, 2.45) is 25.4 Å². The molecule has 3 aromatic heterocycles. The Labute approximate surface area is 291 Å². The van der Waals surface area contributed by atoms with Crippen LogP contribution in [0.4, 0.5) is 30.6 Å². The molecular formula is C32H39Cl2F3N10O2. The van der Waals surface area contributed by atoms with Crippen molar-refractivity contribution in [3.63, 3.8) is 0 Å². The van der Waals surface area contributed by atoms with Gasteiger partial charge in [-0.2, -0.15) is 13.2 Å². The highest BCUT2D eigenvalue weighted by atomic mass is 35.5. The minimum Gasteiger partial charge on any atom is -0.352 e. The summed E-state index contributed by atoms with van der Waals surface area (Å²) >= 11 is 13.3. The molecule has 12 nitrogen and oxygen atoms in total. The summed E-state index contributed by atoms with van der Waals surface area (Å²) in [4.78, 5) is 37.5. The second kappa shape index (κ2) is 14.0. The number of hydrogen-bond acceptors (Lipinski definition) is 8. The first-order valence-corrected chi connectivity index (χ1v) is 16.5. The van der Waals surface area contributed by atoms with Crippen molar-refractivity contribution in [1.29, 1.82) is 0 Å². The maximum absolute atomic E-state index is 13.8. The first-order chi connectivity index (χ1) is 22.9. The second-order valence-corrected chi connectivity index (χ2v) is 14.2. The monoisotopic (exact) mass is 722 g/mol. The number of benzene rings is 1. The summed E-state index contributed by atoms with van der Waals surface area (Å²) in [5.41, 5.74) is 1.45. The number of anilines is 3. The maximum atomic E-state index is 13.8. The third-order valence-electron chi connectivity index (χ3n) is 8.67. The lowest BCUT2D eigenvalue weighted by Crippen LogP contribution is -2.40. The Bertz CT molecular complexity index is 1860. The van der Waals surface area contributed by atoms with Gasteiger partial charge < -0.3 is 25.4 Å². The molecule has 0 atom stereocenters. The molecule has 0 saturated heterocycles. The van der Waals surface area contributed by atoms with Gasteiger partial charge in [-0.1, -0.05) is 50.0 Å². The van der Waals surface area contributed by atoms with Gasteiger partial charge in [0.2, 0.25) is 11.9 Å². The Hall–Kier alpha value is -4.11. The number of hydrogen-bond donors (Lipinski definition) is 3. The minimum atomic E-state index is -4.25. The fourth-order valence-corrected chi connectivity index (χ4v) is 6.17. The predicted octanol–water partition coefficient (Wildman–Crippen LogP) is 6.30. The van der Waals surface area contributed by atoms with Gasteiger partial charge in [0.25, 0.3) is 5.91 Å². The molecule has 1 fully saturated rings. The number of fused-ring (bicyclic) bond motifs is 1. The van der Waals surface area contributed by atoms with Crippen LogP contribution < -0.4 is 20.9 Å². The average molecular weight is 724 g/mol. The minimum absolute atomic E-state index is 0.0464. The van der Waals surface area contributed by atoms with E-state index in [9.17, 15) is 22.8 Å². The quantitative estimate of drug-likeness (QED) is 0.183. The number of imidazole rings is 1. The van der Waals surface area contributed by atoms with Crippen LogP contribution in [-0.2, 0) is 32.0 Å². The second-order valence-electron chi connectivity index (χ2n) is 13.4. The van der Waals surface area contributed by atoms with E-state index < -0.39 is 29.5 Å². The zero-order valence-electron chi connectivity index (χ0n) is 28.0. The molecule has 1 aliphatic carbocycles. The standard InChI is InChI=1S/C32H39Cl2F3N10O2/c1-31(2,3)29(49)38-14-17-7-12-21(33)25(24(17)34)42-30-41-22-13-20(28(48)40-19-10-8-18(9-11-19)32(35,36)37)26(43-27(22)47(30)6)45(4)15-23-44-39-16-46(23)5/h7,12-13,16,18-19H,8-11,14-15H2,1-6H3,(H,38,49)(H,40,48)(H,41,42)/t18-,19-. The van der Waals surface area contributed by atoms with Crippen LogP contribution in [-0.4, -0.2) is 60.4 Å². The van der Waals surface area contributed by atoms with Gasteiger partial charge in [0.1, 0.15) is 17.7 Å². The highest BCUT2D eigenvalue weighted by molar-refractivity contribution is 6.39. The van der Waals surface area contributed by atoms with Crippen molar-refractivity contribution in [2.45, 2.75) is 71.8 Å². The van der Waals surface area contributed by atoms with Gasteiger partial charge in [-0.25, -0.2) is 9.97 Å². The van der Waals surface area contributed by atoms with Crippen LogP contribution in [0, 0.1) is 11.3 Å². The highest BCUT2D eigenvalue weighted by Gasteiger charge is 2.41. The Balaban J connectivity index is 1.46. The molecule has 2 amide bonds. The topological polar surface area (TPSA) is 135 Å². The number of carbonyl (C=O) groups is 2. The van der Waals surface area contributed by atoms with Crippen LogP contribution >= 0.6 is 23.2 Å². The van der Waals surface area contributed by atoms with Gasteiger partial charge in [0.15, 0.2) is 11.5 Å². The Morgan fingerprint density at radius 2 is 1.76 bits per heavy atom. The molecule has 49 heavy (non-hydrogen) atoms. The zero-order chi connectivity index (χ0) is 35.8. The molecule has 0 spiro atoms. The SMILES string of the molecule is CN(Cc1nncn1C)c1nc2c(cc1C(=O)N[C@H]1CC[C@H](C(F)(F)F)CC1)nc(Nc1c(Cl)ccc(CNC(=O)C(C)(C)C)c1Cl)n2C. The normalized spacial score (nSPS) is 16.9. The summed E-state index contributed by atoms with van der Waals surface area (Å²) in [6.07, 6.45) is -2.35. The lowest BCUT2D eigenvalue weighted by atomic mass is 9.85. The molecule has 1 saturated carbocycles. The molecule has 264 valence electrons. The lowest BCUT2D eigenvalue weighted by Gasteiger charge is -2.30. The van der Waals surface area contributed by atoms with Crippen LogP contribution in [0.25, 0.3) is 11.2 Å². The molecule has 4 aromatic rings. The molecule has 0 aliphatic heterocycles. The average Bonchev–Trinajstić information content (AvgIpc) is 3.57. The van der Waals surface area contributed by atoms with Crippen LogP contribution in [0.2, 0.25) is 10.0 Å². The molecule has 5 rings (SSSR count). The van der Waals surface area contributed by atoms with Gasteiger partial charge in [-0.3, -0.25) is 14.2 Å². The summed E-state index contributed by atoms with van der Waals surface area (Å²) < 4.78 is 43.2. The summed E-state index contributed by atoms with van der Waals surface area (Å²) in [5.74, 6) is -0.706. The molecule has 0 unspecified atom stereocenters. The van der Waals surface area contributed by atoms with E-state index in [0.717, 1.165) is 0 Å². The first-order valence-electron chi connectivity index (χ1n) is 15.7. The Kier molecular flexibility index (Phi) is 10.4. The van der Waals surface area contributed by atoms with Crippen molar-refractivity contribution in [3.05, 3.63) is 51.5 Å². The number of aryl methyl sites for hydroxylation is 2. The molecule has 17 heteroatoms. The van der Waals surface area contributed by atoms with E-state index in [2.05, 4.69) is 26.1 Å². The number of alkyl halides is 3. The smallest absolute Gasteiger partial charge is 0.352 e. The summed E-state index contributed by atoms with van der Waals surface area (Å²) in [7, 11) is 5.30. The number of nitrogens with one attached hydrogen (secondary N) is 3. The van der Waals surface area contributed by atoms with Crippen molar-refractivity contribution in [2.75, 3.05) is 17.3 Å². The van der Waals surface area contributed by atoms with Crippen LogP contribution in [0.3, 0.4) is 0 Å². The molecule has 3 heterocycles. The maximum Gasteiger partial charge on any atom is 0.391 e. The van der Waals surface area contributed by atoms with Crippen LogP contribution in [0.1, 0.15) is 68.2 Å². The molecule has 0 bridgehead atoms. The van der Waals surface area contributed by atoms with Gasteiger partial charge in [-0.05, 0) is 43.4 Å². The van der Waals surface area contributed by atoms with Gasteiger partial charge in [-0.15, -0.1) is 10.2 Å². The van der Waals surface area contributed by atoms with Gasteiger partial charge in [0, 0.05) is 39.1 Å². The van der Waals surface area contributed by atoms with E-state index in [1.54, 1.807) is 59.7 Å². The summed E-state index contributed by atoms with van der Waals surface area (Å²) in [5, 5.41) is 17.7. The van der Waals surface area contributed by atoms with E-state index >= 15 is 0 Å². The molecule has 1 aromatic carbocycles. The van der Waals surface area contributed by atoms with E-state index in [-0.39, 0.29) is 50.2 Å².